The molecule has 0 saturated heterocycles. The van der Waals surface area contributed by atoms with Gasteiger partial charge in [0.25, 0.3) is 0 Å². The molecule has 0 bridgehead atoms. The number of hydrogen-bond donors (Lipinski definition) is 1. The zero-order valence-electron chi connectivity index (χ0n) is 10.2. The van der Waals surface area contributed by atoms with Crippen molar-refractivity contribution < 1.29 is 14.2 Å². The Bertz CT molecular complexity index is 506. The van der Waals surface area contributed by atoms with Crippen LogP contribution in [0, 0.1) is 0 Å². The van der Waals surface area contributed by atoms with Gasteiger partial charge < -0.3 is 19.9 Å². The van der Waals surface area contributed by atoms with E-state index in [1.807, 2.05) is 5.38 Å². The Hall–Kier alpha value is -1.95. The first-order valence-corrected chi connectivity index (χ1v) is 6.15. The van der Waals surface area contributed by atoms with Crippen LogP contribution >= 0.6 is 11.3 Å². The Labute approximate surface area is 109 Å². The fraction of sp³-hybridized carbons (Fsp3) is 0.250. The first-order chi connectivity index (χ1) is 8.71. The van der Waals surface area contributed by atoms with E-state index >= 15 is 0 Å². The average Bonchev–Trinajstić information content (AvgIpc) is 2.81. The van der Waals surface area contributed by atoms with E-state index in [1.54, 1.807) is 32.4 Å². The van der Waals surface area contributed by atoms with Crippen molar-refractivity contribution >= 4 is 16.5 Å². The van der Waals surface area contributed by atoms with Crippen LogP contribution < -0.4 is 19.9 Å². The number of aromatic nitrogens is 1. The SMILES string of the molecule is COc1cc(OC)cc(OCc2csc(N)n2)c1. The Balaban J connectivity index is 2.08. The zero-order chi connectivity index (χ0) is 13.0. The molecular weight excluding hydrogens is 252 g/mol. The molecule has 18 heavy (non-hydrogen) atoms. The van der Waals surface area contributed by atoms with Gasteiger partial charge in [-0.2, -0.15) is 0 Å². The summed E-state index contributed by atoms with van der Waals surface area (Å²) in [7, 11) is 3.19. The smallest absolute Gasteiger partial charge is 0.180 e. The Morgan fingerprint density at radius 1 is 1.11 bits per heavy atom. The molecule has 5 nitrogen and oxygen atoms in total. The van der Waals surface area contributed by atoms with Crippen molar-refractivity contribution in [1.29, 1.82) is 0 Å². The van der Waals surface area contributed by atoms with Crippen molar-refractivity contribution in [3.8, 4) is 17.2 Å². The Morgan fingerprint density at radius 3 is 2.22 bits per heavy atom. The van der Waals surface area contributed by atoms with Crippen LogP contribution in [-0.2, 0) is 6.61 Å². The summed E-state index contributed by atoms with van der Waals surface area (Å²) in [6.45, 7) is 0.365. The second-order valence-electron chi connectivity index (χ2n) is 3.51. The molecule has 2 N–H and O–H groups in total. The quantitative estimate of drug-likeness (QED) is 0.899. The highest BCUT2D eigenvalue weighted by atomic mass is 32.1. The number of methoxy groups -OCH3 is 2. The molecule has 0 atom stereocenters. The highest BCUT2D eigenvalue weighted by Gasteiger charge is 2.04. The van der Waals surface area contributed by atoms with Crippen LogP contribution in [0.2, 0.25) is 0 Å². The lowest BCUT2D eigenvalue weighted by molar-refractivity contribution is 0.297. The minimum absolute atomic E-state index is 0.365. The van der Waals surface area contributed by atoms with Crippen molar-refractivity contribution in [2.75, 3.05) is 20.0 Å². The lowest BCUT2D eigenvalue weighted by Crippen LogP contribution is -1.97. The highest BCUT2D eigenvalue weighted by Crippen LogP contribution is 2.28. The van der Waals surface area contributed by atoms with Gasteiger partial charge in [-0.15, -0.1) is 11.3 Å². The molecule has 0 unspecified atom stereocenters. The average molecular weight is 266 g/mol. The first kappa shape index (κ1) is 12.5. The summed E-state index contributed by atoms with van der Waals surface area (Å²) < 4.78 is 15.9. The summed E-state index contributed by atoms with van der Waals surface area (Å²) in [4.78, 5) is 4.12. The maximum absolute atomic E-state index is 5.62. The van der Waals surface area contributed by atoms with Crippen LogP contribution in [0.25, 0.3) is 0 Å². The van der Waals surface area contributed by atoms with Crippen LogP contribution in [-0.4, -0.2) is 19.2 Å². The van der Waals surface area contributed by atoms with Gasteiger partial charge in [-0.3, -0.25) is 0 Å². The molecule has 1 aromatic carbocycles. The number of anilines is 1. The molecule has 1 heterocycles. The Morgan fingerprint density at radius 2 is 1.72 bits per heavy atom. The molecule has 0 amide bonds. The predicted octanol–water partition coefficient (Wildman–Crippen LogP) is 2.32. The number of nitrogens with zero attached hydrogens (tertiary/aromatic N) is 1. The van der Waals surface area contributed by atoms with E-state index in [4.69, 9.17) is 19.9 Å². The van der Waals surface area contributed by atoms with Crippen molar-refractivity contribution in [3.05, 3.63) is 29.3 Å². The van der Waals surface area contributed by atoms with Gasteiger partial charge in [-0.05, 0) is 0 Å². The van der Waals surface area contributed by atoms with Crippen LogP contribution in [0.5, 0.6) is 17.2 Å². The lowest BCUT2D eigenvalue weighted by atomic mass is 10.3. The van der Waals surface area contributed by atoms with Gasteiger partial charge in [0, 0.05) is 23.6 Å². The van der Waals surface area contributed by atoms with E-state index in [1.165, 1.54) is 11.3 Å². The number of ether oxygens (including phenoxy) is 3. The summed E-state index contributed by atoms with van der Waals surface area (Å²) in [6, 6.07) is 5.37. The van der Waals surface area contributed by atoms with E-state index < -0.39 is 0 Å². The Kier molecular flexibility index (Phi) is 3.88. The topological polar surface area (TPSA) is 66.6 Å². The van der Waals surface area contributed by atoms with Crippen LogP contribution in [0.15, 0.2) is 23.6 Å². The van der Waals surface area contributed by atoms with E-state index in [0.29, 0.717) is 29.0 Å². The molecule has 6 heteroatoms. The number of nitrogen functional groups attached to an aromatic ring is 1. The zero-order valence-corrected chi connectivity index (χ0v) is 11.0. The summed E-state index contributed by atoms with van der Waals surface area (Å²) in [5.41, 5.74) is 6.36. The maximum atomic E-state index is 5.62. The highest BCUT2D eigenvalue weighted by molar-refractivity contribution is 7.13. The molecule has 96 valence electrons. The van der Waals surface area contributed by atoms with Crippen LogP contribution in [0.4, 0.5) is 5.13 Å². The predicted molar refractivity (Wildman–Crippen MR) is 70.4 cm³/mol. The van der Waals surface area contributed by atoms with Crippen molar-refractivity contribution in [2.24, 2.45) is 0 Å². The molecule has 1 aromatic heterocycles. The van der Waals surface area contributed by atoms with E-state index in [2.05, 4.69) is 4.98 Å². The second-order valence-corrected chi connectivity index (χ2v) is 4.40. The van der Waals surface area contributed by atoms with E-state index in [-0.39, 0.29) is 0 Å². The van der Waals surface area contributed by atoms with Gasteiger partial charge >= 0.3 is 0 Å². The van der Waals surface area contributed by atoms with Gasteiger partial charge in [0.05, 0.1) is 19.9 Å². The molecule has 2 aromatic rings. The molecule has 0 saturated carbocycles. The molecule has 0 radical (unpaired) electrons. The molecule has 0 fully saturated rings. The van der Waals surface area contributed by atoms with Gasteiger partial charge in [0.2, 0.25) is 0 Å². The monoisotopic (exact) mass is 266 g/mol. The van der Waals surface area contributed by atoms with Crippen molar-refractivity contribution in [2.45, 2.75) is 6.61 Å². The van der Waals surface area contributed by atoms with E-state index in [0.717, 1.165) is 5.69 Å². The van der Waals surface area contributed by atoms with Crippen LogP contribution in [0.1, 0.15) is 5.69 Å². The normalized spacial score (nSPS) is 10.1. The number of hydrogen-bond acceptors (Lipinski definition) is 6. The fourth-order valence-corrected chi connectivity index (χ4v) is 1.96. The molecular formula is C12H14N2O3S. The van der Waals surface area contributed by atoms with Crippen molar-refractivity contribution in [3.63, 3.8) is 0 Å². The second kappa shape index (κ2) is 5.59. The lowest BCUT2D eigenvalue weighted by Gasteiger charge is -2.09. The standard InChI is InChI=1S/C12H14N2O3S/c1-15-9-3-10(16-2)5-11(4-9)17-6-8-7-18-12(13)14-8/h3-5,7H,6H2,1-2H3,(H2,13,14). The van der Waals surface area contributed by atoms with Gasteiger partial charge in [-0.25, -0.2) is 4.98 Å². The largest absolute Gasteiger partial charge is 0.496 e. The van der Waals surface area contributed by atoms with Crippen LogP contribution in [0.3, 0.4) is 0 Å². The van der Waals surface area contributed by atoms with E-state index in [9.17, 15) is 0 Å². The fourth-order valence-electron chi connectivity index (χ4n) is 1.41. The van der Waals surface area contributed by atoms with Gasteiger partial charge in [0.15, 0.2) is 5.13 Å². The summed E-state index contributed by atoms with van der Waals surface area (Å²) >= 11 is 1.39. The minimum Gasteiger partial charge on any atom is -0.496 e. The summed E-state index contributed by atoms with van der Waals surface area (Å²) in [6.07, 6.45) is 0. The minimum atomic E-state index is 0.365. The number of benzene rings is 1. The first-order valence-electron chi connectivity index (χ1n) is 5.27. The third-order valence-electron chi connectivity index (χ3n) is 2.28. The number of rotatable bonds is 5. The summed E-state index contributed by atoms with van der Waals surface area (Å²) in [5.74, 6) is 2.03. The van der Waals surface area contributed by atoms with Crippen molar-refractivity contribution in [1.82, 2.24) is 4.98 Å². The molecule has 0 aliphatic heterocycles. The third-order valence-corrected chi connectivity index (χ3v) is 3.00. The molecule has 0 aliphatic rings. The maximum Gasteiger partial charge on any atom is 0.180 e. The molecule has 0 spiro atoms. The summed E-state index contributed by atoms with van der Waals surface area (Å²) in [5, 5.41) is 2.41. The number of thiazole rings is 1. The number of nitrogens with two attached hydrogens (primary N) is 1. The third kappa shape index (κ3) is 3.04. The van der Waals surface area contributed by atoms with Gasteiger partial charge in [0.1, 0.15) is 23.9 Å². The molecule has 0 aliphatic carbocycles. The molecule has 2 rings (SSSR count). The van der Waals surface area contributed by atoms with Gasteiger partial charge in [-0.1, -0.05) is 0 Å².